The largest absolute Gasteiger partial charge is 0.463 e. The minimum atomic E-state index is -4.38. The summed E-state index contributed by atoms with van der Waals surface area (Å²) in [6.07, 6.45) is -3.80. The van der Waals surface area contributed by atoms with Gasteiger partial charge in [0.05, 0.1) is 51.3 Å². The number of halogens is 4. The molecule has 9 nitrogen and oxygen atoms in total. The van der Waals surface area contributed by atoms with Gasteiger partial charge in [-0.15, -0.1) is 0 Å². The van der Waals surface area contributed by atoms with Crippen molar-refractivity contribution < 1.29 is 60.4 Å². The predicted molar refractivity (Wildman–Crippen MR) is 108 cm³/mol. The number of ether oxygens (including phenoxy) is 6. The second-order valence-corrected chi connectivity index (χ2v) is 8.95. The summed E-state index contributed by atoms with van der Waals surface area (Å²) in [4.78, 5) is 37.2. The molecule has 35 heavy (non-hydrogen) atoms. The van der Waals surface area contributed by atoms with E-state index in [1.54, 1.807) is 7.11 Å². The molecule has 0 amide bonds. The highest BCUT2D eigenvalue weighted by molar-refractivity contribution is 5.86. The summed E-state index contributed by atoms with van der Waals surface area (Å²) in [7, 11) is 1.56. The minimum Gasteiger partial charge on any atom is -0.463 e. The van der Waals surface area contributed by atoms with Crippen LogP contribution in [-0.2, 0) is 42.8 Å². The fourth-order valence-electron chi connectivity index (χ4n) is 4.92. The zero-order chi connectivity index (χ0) is 25.8. The minimum absolute atomic E-state index is 0.0687. The van der Waals surface area contributed by atoms with Crippen LogP contribution in [0.4, 0.5) is 17.6 Å². The molecule has 0 aromatic heterocycles. The lowest BCUT2D eigenvalue weighted by molar-refractivity contribution is -0.204. The molecule has 0 spiro atoms. The first-order valence-electron chi connectivity index (χ1n) is 11.4. The molecular formula is C22H30F4O9. The van der Waals surface area contributed by atoms with Gasteiger partial charge < -0.3 is 28.4 Å². The smallest absolute Gasteiger partial charge is 0.310 e. The Kier molecular flexibility index (Phi) is 8.97. The van der Waals surface area contributed by atoms with Gasteiger partial charge in [-0.25, -0.2) is 8.78 Å². The van der Waals surface area contributed by atoms with Crippen molar-refractivity contribution >= 4 is 17.9 Å². The molecule has 2 aliphatic carbocycles. The summed E-state index contributed by atoms with van der Waals surface area (Å²) < 4.78 is 84.1. The van der Waals surface area contributed by atoms with Gasteiger partial charge in [-0.1, -0.05) is 0 Å². The molecule has 0 aromatic rings. The number of methoxy groups -OCH3 is 1. The van der Waals surface area contributed by atoms with E-state index in [1.807, 2.05) is 0 Å². The molecule has 2 bridgehead atoms. The number of hydrogen-bond donors (Lipinski definition) is 0. The summed E-state index contributed by atoms with van der Waals surface area (Å²) in [5.41, 5.74) is 0. The third-order valence-electron chi connectivity index (χ3n) is 6.65. The van der Waals surface area contributed by atoms with Crippen molar-refractivity contribution in [3.8, 4) is 0 Å². The molecule has 0 radical (unpaired) electrons. The van der Waals surface area contributed by atoms with Crippen molar-refractivity contribution in [2.45, 2.75) is 50.2 Å². The standard InChI is InChI=1S/C22H30F4O9/c1-21(23,24)22(25,26)4-3-14(27)34-17-12-11-13-16(20(29)35-18(13)17)15(12)19(28)33-10-9-32-8-7-31-6-5-30-2/h12-13,15-18H,3-11H2,1-2H3. The zero-order valence-electron chi connectivity index (χ0n) is 19.5. The fraction of sp³-hybridized carbons (Fsp3) is 0.864. The maximum Gasteiger partial charge on any atom is 0.310 e. The second-order valence-electron chi connectivity index (χ2n) is 8.95. The van der Waals surface area contributed by atoms with E-state index in [-0.39, 0.29) is 32.7 Å². The van der Waals surface area contributed by atoms with Gasteiger partial charge in [0.25, 0.3) is 0 Å². The average Bonchev–Trinajstić information content (AvgIpc) is 3.39. The van der Waals surface area contributed by atoms with E-state index in [2.05, 4.69) is 0 Å². The third kappa shape index (κ3) is 6.23. The van der Waals surface area contributed by atoms with Gasteiger partial charge in [0, 0.05) is 32.3 Å². The third-order valence-corrected chi connectivity index (χ3v) is 6.65. The molecule has 1 saturated heterocycles. The highest BCUT2D eigenvalue weighted by atomic mass is 19.3. The molecule has 6 unspecified atom stereocenters. The van der Waals surface area contributed by atoms with Crippen LogP contribution in [0.1, 0.15) is 26.2 Å². The number of hydrogen-bond acceptors (Lipinski definition) is 9. The normalized spacial score (nSPS) is 29.4. The molecule has 6 atom stereocenters. The molecule has 1 aliphatic heterocycles. The highest BCUT2D eigenvalue weighted by Gasteiger charge is 2.70. The van der Waals surface area contributed by atoms with Crippen LogP contribution in [0, 0.1) is 23.7 Å². The molecule has 0 N–H and O–H groups in total. The number of rotatable bonds is 15. The van der Waals surface area contributed by atoms with Crippen LogP contribution in [0.25, 0.3) is 0 Å². The van der Waals surface area contributed by atoms with Crippen molar-refractivity contribution in [2.24, 2.45) is 23.7 Å². The SMILES string of the molecule is COCCOCCOCCOC(=O)C1C2CC3C(OC(=O)C31)C2OC(=O)CCC(F)(F)C(C)(F)F. The van der Waals surface area contributed by atoms with Crippen molar-refractivity contribution in [1.29, 1.82) is 0 Å². The highest BCUT2D eigenvalue weighted by Crippen LogP contribution is 2.59. The maximum atomic E-state index is 13.5. The lowest BCUT2D eigenvalue weighted by Crippen LogP contribution is -2.44. The molecule has 200 valence electrons. The quantitative estimate of drug-likeness (QED) is 0.140. The molecule has 0 aromatic carbocycles. The number of fused-ring (bicyclic) bond motifs is 1. The van der Waals surface area contributed by atoms with Crippen molar-refractivity contribution in [2.75, 3.05) is 46.8 Å². The van der Waals surface area contributed by atoms with E-state index in [4.69, 9.17) is 28.4 Å². The Labute approximate surface area is 199 Å². The van der Waals surface area contributed by atoms with Crippen LogP contribution in [-0.4, -0.2) is 88.7 Å². The lowest BCUT2D eigenvalue weighted by Gasteiger charge is -2.30. The summed E-state index contributed by atoms with van der Waals surface area (Å²) in [6, 6.07) is 0. The van der Waals surface area contributed by atoms with E-state index >= 15 is 0 Å². The number of esters is 3. The monoisotopic (exact) mass is 514 g/mol. The Bertz CT molecular complexity index is 773. The molecule has 13 heteroatoms. The lowest BCUT2D eigenvalue weighted by atomic mass is 9.78. The molecule has 3 aliphatic rings. The van der Waals surface area contributed by atoms with Crippen LogP contribution in [0.2, 0.25) is 0 Å². The van der Waals surface area contributed by atoms with Gasteiger partial charge in [-0.3, -0.25) is 14.4 Å². The van der Waals surface area contributed by atoms with Crippen molar-refractivity contribution in [3.63, 3.8) is 0 Å². The van der Waals surface area contributed by atoms with E-state index in [0.717, 1.165) is 0 Å². The van der Waals surface area contributed by atoms with Crippen LogP contribution >= 0.6 is 0 Å². The van der Waals surface area contributed by atoms with Gasteiger partial charge >= 0.3 is 29.8 Å². The first-order valence-corrected chi connectivity index (χ1v) is 11.4. The summed E-state index contributed by atoms with van der Waals surface area (Å²) in [6.45, 7) is 1.62. The maximum absolute atomic E-state index is 13.5. The summed E-state index contributed by atoms with van der Waals surface area (Å²) >= 11 is 0. The number of carbonyl (C=O) groups excluding carboxylic acids is 3. The topological polar surface area (TPSA) is 107 Å². The van der Waals surface area contributed by atoms with E-state index in [0.29, 0.717) is 26.2 Å². The first-order chi connectivity index (χ1) is 16.5. The van der Waals surface area contributed by atoms with Gasteiger partial charge in [-0.2, -0.15) is 8.78 Å². The molecular weight excluding hydrogens is 484 g/mol. The zero-order valence-corrected chi connectivity index (χ0v) is 19.5. The molecule has 3 fully saturated rings. The molecule has 2 saturated carbocycles. The summed E-state index contributed by atoms with van der Waals surface area (Å²) in [5, 5.41) is 0. The average molecular weight is 514 g/mol. The van der Waals surface area contributed by atoms with Gasteiger partial charge in [0.1, 0.15) is 18.8 Å². The second kappa shape index (κ2) is 11.4. The number of carbonyl (C=O) groups is 3. The van der Waals surface area contributed by atoms with Crippen LogP contribution in [0.15, 0.2) is 0 Å². The Morgan fingerprint density at radius 3 is 2.26 bits per heavy atom. The molecule has 3 rings (SSSR count). The van der Waals surface area contributed by atoms with Crippen molar-refractivity contribution in [3.05, 3.63) is 0 Å². The Morgan fingerprint density at radius 2 is 1.63 bits per heavy atom. The van der Waals surface area contributed by atoms with Crippen LogP contribution in [0.5, 0.6) is 0 Å². The Hall–Kier alpha value is -1.99. The Balaban J connectivity index is 1.47. The van der Waals surface area contributed by atoms with Gasteiger partial charge in [-0.05, 0) is 6.42 Å². The van der Waals surface area contributed by atoms with E-state index in [1.165, 1.54) is 0 Å². The predicted octanol–water partition coefficient (Wildman–Crippen LogP) is 2.00. The fourth-order valence-corrected chi connectivity index (χ4v) is 4.92. The van der Waals surface area contributed by atoms with Crippen LogP contribution < -0.4 is 0 Å². The Morgan fingerprint density at radius 1 is 1.00 bits per heavy atom. The first kappa shape index (κ1) is 27.6. The number of alkyl halides is 4. The van der Waals surface area contributed by atoms with Gasteiger partial charge in [0.2, 0.25) is 0 Å². The van der Waals surface area contributed by atoms with E-state index < -0.39 is 72.6 Å². The summed E-state index contributed by atoms with van der Waals surface area (Å²) in [5.74, 6) is -13.7. The molecule has 1 heterocycles. The van der Waals surface area contributed by atoms with Gasteiger partial charge in [0.15, 0.2) is 0 Å². The van der Waals surface area contributed by atoms with Crippen LogP contribution in [0.3, 0.4) is 0 Å². The van der Waals surface area contributed by atoms with E-state index in [9.17, 15) is 31.9 Å². The van der Waals surface area contributed by atoms with Crippen molar-refractivity contribution in [1.82, 2.24) is 0 Å².